The van der Waals surface area contributed by atoms with E-state index in [0.29, 0.717) is 18.5 Å². The molecule has 0 radical (unpaired) electrons. The van der Waals surface area contributed by atoms with Crippen LogP contribution in [-0.4, -0.2) is 30.2 Å². The van der Waals surface area contributed by atoms with Crippen molar-refractivity contribution < 1.29 is 33.0 Å². The molecule has 0 saturated heterocycles. The summed E-state index contributed by atoms with van der Waals surface area (Å²) in [5.74, 6) is -2.26. The van der Waals surface area contributed by atoms with Crippen molar-refractivity contribution in [1.29, 1.82) is 0 Å². The Kier molecular flexibility index (Phi) is 9.97. The van der Waals surface area contributed by atoms with E-state index >= 15 is 0 Å². The smallest absolute Gasteiger partial charge is 0.309 e. The summed E-state index contributed by atoms with van der Waals surface area (Å²) < 4.78 is 37.6. The summed E-state index contributed by atoms with van der Waals surface area (Å²) in [4.78, 5) is 23.0. The first-order valence-electron chi connectivity index (χ1n) is 10.3. The molecule has 0 saturated carbocycles. The Hall–Kier alpha value is -3.10. The van der Waals surface area contributed by atoms with Gasteiger partial charge in [0.25, 0.3) is 0 Å². The molecule has 0 aromatic heterocycles. The van der Waals surface area contributed by atoms with E-state index in [1.165, 1.54) is 31.2 Å². The number of hydrogen-bond acceptors (Lipinski definition) is 6. The number of aliphatic hydroxyl groups excluding tert-OH is 1. The SMILES string of the molecule is CC/C=C\CC(=O)OCCCNC(O)c1cc(-c2ccc(F)cc2F)ccc1OC(C)=O. The van der Waals surface area contributed by atoms with Gasteiger partial charge in [0.05, 0.1) is 13.0 Å². The number of nitrogens with one attached hydrogen (secondary N) is 1. The van der Waals surface area contributed by atoms with E-state index in [4.69, 9.17) is 9.47 Å². The minimum atomic E-state index is -1.24. The topological polar surface area (TPSA) is 84.9 Å². The van der Waals surface area contributed by atoms with Gasteiger partial charge in [-0.3, -0.25) is 14.9 Å². The van der Waals surface area contributed by atoms with Gasteiger partial charge in [-0.15, -0.1) is 0 Å². The Balaban J connectivity index is 2.04. The van der Waals surface area contributed by atoms with Crippen LogP contribution in [0.15, 0.2) is 48.6 Å². The van der Waals surface area contributed by atoms with Crippen LogP contribution in [0.5, 0.6) is 5.75 Å². The standard InChI is InChI=1S/C24H27F2NO5/c1-3-4-5-7-23(29)31-13-6-12-27-24(30)20-14-17(8-11-22(20)32-16(2)28)19-10-9-18(25)15-21(19)26/h4-5,8-11,14-15,24,27,30H,3,6-7,12-13H2,1-2H3/b5-4-. The van der Waals surface area contributed by atoms with Crippen LogP contribution in [-0.2, 0) is 14.3 Å². The van der Waals surface area contributed by atoms with Gasteiger partial charge in [0.1, 0.15) is 23.6 Å². The monoisotopic (exact) mass is 447 g/mol. The molecule has 1 unspecified atom stereocenters. The van der Waals surface area contributed by atoms with E-state index in [-0.39, 0.29) is 35.9 Å². The number of esters is 2. The average Bonchev–Trinajstić information content (AvgIpc) is 2.73. The Morgan fingerprint density at radius 1 is 1.16 bits per heavy atom. The van der Waals surface area contributed by atoms with Crippen molar-refractivity contribution in [3.8, 4) is 16.9 Å². The summed E-state index contributed by atoms with van der Waals surface area (Å²) in [6.45, 7) is 3.67. The molecule has 32 heavy (non-hydrogen) atoms. The Bertz CT molecular complexity index is 961. The minimum absolute atomic E-state index is 0.109. The first-order valence-corrected chi connectivity index (χ1v) is 10.3. The maximum Gasteiger partial charge on any atom is 0.309 e. The first kappa shape index (κ1) is 25.2. The maximum absolute atomic E-state index is 14.2. The lowest BCUT2D eigenvalue weighted by molar-refractivity contribution is -0.142. The molecule has 1 atom stereocenters. The van der Waals surface area contributed by atoms with Crippen LogP contribution >= 0.6 is 0 Å². The summed E-state index contributed by atoms with van der Waals surface area (Å²) >= 11 is 0. The Morgan fingerprint density at radius 2 is 1.94 bits per heavy atom. The third-order valence-corrected chi connectivity index (χ3v) is 4.41. The second kappa shape index (κ2) is 12.7. The molecule has 0 aliphatic rings. The molecule has 2 aromatic carbocycles. The van der Waals surface area contributed by atoms with E-state index in [9.17, 15) is 23.5 Å². The Labute approximate surface area is 185 Å². The lowest BCUT2D eigenvalue weighted by Gasteiger charge is -2.18. The van der Waals surface area contributed by atoms with Gasteiger partial charge in [0.2, 0.25) is 0 Å². The van der Waals surface area contributed by atoms with Crippen LogP contribution in [0, 0.1) is 11.6 Å². The molecule has 2 N–H and O–H groups in total. The number of carbonyl (C=O) groups is 2. The van der Waals surface area contributed by atoms with E-state index in [1.807, 2.05) is 13.0 Å². The molecular formula is C24H27F2NO5. The maximum atomic E-state index is 14.2. The number of ether oxygens (including phenoxy) is 2. The molecule has 2 rings (SSSR count). The van der Waals surface area contributed by atoms with Crippen molar-refractivity contribution in [3.63, 3.8) is 0 Å². The molecular weight excluding hydrogens is 420 g/mol. The van der Waals surface area contributed by atoms with Crippen molar-refractivity contribution in [3.05, 3.63) is 65.7 Å². The molecule has 0 amide bonds. The molecule has 0 heterocycles. The molecule has 172 valence electrons. The van der Waals surface area contributed by atoms with Gasteiger partial charge in [-0.25, -0.2) is 8.78 Å². The van der Waals surface area contributed by atoms with Crippen LogP contribution in [0.3, 0.4) is 0 Å². The summed E-state index contributed by atoms with van der Waals surface area (Å²) in [7, 11) is 0. The highest BCUT2D eigenvalue weighted by atomic mass is 19.1. The van der Waals surface area contributed by atoms with Crippen LogP contribution in [0.1, 0.15) is 44.9 Å². The zero-order valence-corrected chi connectivity index (χ0v) is 18.1. The van der Waals surface area contributed by atoms with Gasteiger partial charge in [-0.05, 0) is 42.7 Å². The molecule has 0 spiro atoms. The number of aliphatic hydroxyl groups is 1. The quantitative estimate of drug-likeness (QED) is 0.174. The number of benzene rings is 2. The highest BCUT2D eigenvalue weighted by molar-refractivity contribution is 5.72. The van der Waals surface area contributed by atoms with Gasteiger partial charge in [0, 0.05) is 30.7 Å². The van der Waals surface area contributed by atoms with Crippen molar-refractivity contribution in [1.82, 2.24) is 5.32 Å². The zero-order valence-electron chi connectivity index (χ0n) is 18.1. The summed E-state index contributed by atoms with van der Waals surface area (Å²) in [5, 5.41) is 13.4. The summed E-state index contributed by atoms with van der Waals surface area (Å²) in [6, 6.07) is 7.60. The van der Waals surface area contributed by atoms with Crippen molar-refractivity contribution in [2.75, 3.05) is 13.2 Å². The zero-order chi connectivity index (χ0) is 23.5. The number of halogens is 2. The second-order valence-electron chi connectivity index (χ2n) is 6.98. The molecule has 6 nitrogen and oxygen atoms in total. The van der Waals surface area contributed by atoms with Crippen LogP contribution < -0.4 is 10.1 Å². The lowest BCUT2D eigenvalue weighted by atomic mass is 10.0. The van der Waals surface area contributed by atoms with Crippen LogP contribution in [0.25, 0.3) is 11.1 Å². The van der Waals surface area contributed by atoms with Gasteiger partial charge in [-0.2, -0.15) is 0 Å². The van der Waals surface area contributed by atoms with E-state index in [2.05, 4.69) is 5.32 Å². The van der Waals surface area contributed by atoms with E-state index < -0.39 is 23.8 Å². The van der Waals surface area contributed by atoms with Crippen molar-refractivity contribution in [2.45, 2.75) is 39.3 Å². The van der Waals surface area contributed by atoms with Crippen molar-refractivity contribution >= 4 is 11.9 Å². The molecule has 0 bridgehead atoms. The van der Waals surface area contributed by atoms with Crippen LogP contribution in [0.2, 0.25) is 0 Å². The van der Waals surface area contributed by atoms with Gasteiger partial charge < -0.3 is 14.6 Å². The number of rotatable bonds is 11. The third-order valence-electron chi connectivity index (χ3n) is 4.41. The van der Waals surface area contributed by atoms with Gasteiger partial charge >= 0.3 is 11.9 Å². The number of allylic oxidation sites excluding steroid dienone is 1. The largest absolute Gasteiger partial charge is 0.465 e. The minimum Gasteiger partial charge on any atom is -0.465 e. The average molecular weight is 447 g/mol. The van der Waals surface area contributed by atoms with E-state index in [0.717, 1.165) is 18.6 Å². The summed E-state index contributed by atoms with van der Waals surface area (Å²) in [6.07, 6.45) is 3.89. The highest BCUT2D eigenvalue weighted by Gasteiger charge is 2.17. The number of carbonyl (C=O) groups excluding carboxylic acids is 2. The predicted molar refractivity (Wildman–Crippen MR) is 116 cm³/mol. The molecule has 2 aromatic rings. The highest BCUT2D eigenvalue weighted by Crippen LogP contribution is 2.31. The molecule has 0 fully saturated rings. The fourth-order valence-electron chi connectivity index (χ4n) is 2.91. The first-order chi connectivity index (χ1) is 15.3. The predicted octanol–water partition coefficient (Wildman–Crippen LogP) is 4.43. The number of hydrogen-bond donors (Lipinski definition) is 2. The van der Waals surface area contributed by atoms with Gasteiger partial charge in [-0.1, -0.05) is 25.1 Å². The van der Waals surface area contributed by atoms with Gasteiger partial charge in [0.15, 0.2) is 0 Å². The lowest BCUT2D eigenvalue weighted by Crippen LogP contribution is -2.24. The molecule has 8 heteroatoms. The third kappa shape index (κ3) is 7.86. The van der Waals surface area contributed by atoms with Crippen LogP contribution in [0.4, 0.5) is 8.78 Å². The Morgan fingerprint density at radius 3 is 2.62 bits per heavy atom. The molecule has 0 aliphatic heterocycles. The fraction of sp³-hybridized carbons (Fsp3) is 0.333. The normalized spacial score (nSPS) is 12.0. The fourth-order valence-corrected chi connectivity index (χ4v) is 2.91. The summed E-state index contributed by atoms with van der Waals surface area (Å²) in [5.41, 5.74) is 0.727. The molecule has 0 aliphatic carbocycles. The second-order valence-corrected chi connectivity index (χ2v) is 6.98. The van der Waals surface area contributed by atoms with E-state index in [1.54, 1.807) is 6.08 Å². The van der Waals surface area contributed by atoms with Crippen molar-refractivity contribution in [2.24, 2.45) is 0 Å².